The van der Waals surface area contributed by atoms with E-state index in [4.69, 9.17) is 0 Å². The number of nitrogens with one attached hydrogen (secondary N) is 2. The van der Waals surface area contributed by atoms with Crippen molar-refractivity contribution < 1.29 is 0 Å². The summed E-state index contributed by atoms with van der Waals surface area (Å²) < 4.78 is 0. The molecular weight excluding hydrogens is 246 g/mol. The van der Waals surface area contributed by atoms with Crippen LogP contribution in [0.2, 0.25) is 0 Å². The van der Waals surface area contributed by atoms with Crippen LogP contribution in [0.1, 0.15) is 57.8 Å². The molecule has 0 spiro atoms. The fraction of sp³-hybridized carbons (Fsp3) is 1.00. The fourth-order valence-corrected chi connectivity index (χ4v) is 4.66. The highest BCUT2D eigenvalue weighted by molar-refractivity contribution is 4.91. The van der Waals surface area contributed by atoms with E-state index < -0.39 is 0 Å². The van der Waals surface area contributed by atoms with Crippen LogP contribution in [-0.2, 0) is 0 Å². The molecule has 4 unspecified atom stereocenters. The smallest absolute Gasteiger partial charge is 0.0218 e. The van der Waals surface area contributed by atoms with Gasteiger partial charge in [0.15, 0.2) is 0 Å². The van der Waals surface area contributed by atoms with Crippen LogP contribution in [0.25, 0.3) is 0 Å². The lowest BCUT2D eigenvalue weighted by atomic mass is 9.77. The van der Waals surface area contributed by atoms with E-state index in [0.29, 0.717) is 0 Å². The molecule has 3 nitrogen and oxygen atoms in total. The van der Waals surface area contributed by atoms with Crippen molar-refractivity contribution in [3.05, 3.63) is 0 Å². The molecular formula is C17H33N3. The normalized spacial score (nSPS) is 40.0. The third-order valence-corrected chi connectivity index (χ3v) is 5.97. The van der Waals surface area contributed by atoms with E-state index in [1.165, 1.54) is 77.4 Å². The number of nitrogens with zero attached hydrogens (tertiary/aromatic N) is 1. The summed E-state index contributed by atoms with van der Waals surface area (Å²) >= 11 is 0. The van der Waals surface area contributed by atoms with Gasteiger partial charge in [0.2, 0.25) is 0 Å². The second-order valence-electron chi connectivity index (χ2n) is 7.30. The van der Waals surface area contributed by atoms with Crippen LogP contribution >= 0.6 is 0 Å². The summed E-state index contributed by atoms with van der Waals surface area (Å²) in [6, 6.07) is 2.35. The number of hydrogen-bond acceptors (Lipinski definition) is 3. The first-order chi connectivity index (χ1) is 9.84. The Kier molecular flexibility index (Phi) is 5.36. The Balaban J connectivity index is 1.52. The van der Waals surface area contributed by atoms with Gasteiger partial charge in [-0.05, 0) is 64.6 Å². The van der Waals surface area contributed by atoms with Gasteiger partial charge in [-0.15, -0.1) is 0 Å². The number of piperidine rings is 1. The maximum atomic E-state index is 3.96. The Morgan fingerprint density at radius 1 is 1.00 bits per heavy atom. The molecule has 4 atom stereocenters. The predicted octanol–water partition coefficient (Wildman–Crippen LogP) is 2.37. The third-order valence-electron chi connectivity index (χ3n) is 5.97. The highest BCUT2D eigenvalue weighted by Gasteiger charge is 2.33. The Morgan fingerprint density at radius 3 is 2.60 bits per heavy atom. The van der Waals surface area contributed by atoms with Gasteiger partial charge in [-0.25, -0.2) is 0 Å². The molecule has 2 heterocycles. The number of hydrogen-bond donors (Lipinski definition) is 2. The van der Waals surface area contributed by atoms with E-state index in [0.717, 1.165) is 24.0 Å². The number of likely N-dealkylation sites (tertiary alicyclic amines) is 1. The van der Waals surface area contributed by atoms with E-state index in [9.17, 15) is 0 Å². The topological polar surface area (TPSA) is 27.3 Å². The lowest BCUT2D eigenvalue weighted by Crippen LogP contribution is -2.52. The van der Waals surface area contributed by atoms with Crippen LogP contribution in [0.15, 0.2) is 0 Å². The van der Waals surface area contributed by atoms with Crippen molar-refractivity contribution in [2.24, 2.45) is 5.92 Å². The van der Waals surface area contributed by atoms with Gasteiger partial charge in [-0.1, -0.05) is 19.3 Å². The van der Waals surface area contributed by atoms with Gasteiger partial charge in [0, 0.05) is 24.7 Å². The predicted molar refractivity (Wildman–Crippen MR) is 85.0 cm³/mol. The Hall–Kier alpha value is -0.120. The first kappa shape index (κ1) is 14.8. The van der Waals surface area contributed by atoms with E-state index in [2.05, 4.69) is 22.6 Å². The number of likely N-dealkylation sites (N-methyl/N-ethyl adjacent to an activating group) is 1. The van der Waals surface area contributed by atoms with E-state index in [1.807, 2.05) is 0 Å². The fourth-order valence-electron chi connectivity index (χ4n) is 4.66. The van der Waals surface area contributed by atoms with E-state index in [1.54, 1.807) is 0 Å². The van der Waals surface area contributed by atoms with Crippen molar-refractivity contribution in [3.8, 4) is 0 Å². The second kappa shape index (κ2) is 7.24. The molecule has 0 aromatic rings. The molecule has 3 fully saturated rings. The van der Waals surface area contributed by atoms with Crippen LogP contribution in [0.3, 0.4) is 0 Å². The molecule has 3 heteroatoms. The van der Waals surface area contributed by atoms with Crippen molar-refractivity contribution >= 4 is 0 Å². The van der Waals surface area contributed by atoms with E-state index in [-0.39, 0.29) is 0 Å². The first-order valence-corrected chi connectivity index (χ1v) is 9.01. The van der Waals surface area contributed by atoms with E-state index >= 15 is 0 Å². The maximum absolute atomic E-state index is 3.96. The van der Waals surface area contributed by atoms with Gasteiger partial charge in [-0.2, -0.15) is 0 Å². The Bertz CT molecular complexity index is 288. The molecule has 20 heavy (non-hydrogen) atoms. The minimum atomic E-state index is 0.772. The zero-order valence-corrected chi connectivity index (χ0v) is 13.2. The minimum Gasteiger partial charge on any atom is -0.314 e. The van der Waals surface area contributed by atoms with Crippen LogP contribution in [0.4, 0.5) is 0 Å². The molecule has 0 amide bonds. The summed E-state index contributed by atoms with van der Waals surface area (Å²) in [7, 11) is 2.29. The molecule has 2 N–H and O–H groups in total. The highest BCUT2D eigenvalue weighted by Crippen LogP contribution is 2.30. The quantitative estimate of drug-likeness (QED) is 0.827. The zero-order valence-electron chi connectivity index (χ0n) is 13.2. The van der Waals surface area contributed by atoms with Crippen molar-refractivity contribution in [3.63, 3.8) is 0 Å². The maximum Gasteiger partial charge on any atom is 0.0218 e. The van der Waals surface area contributed by atoms with Crippen LogP contribution in [0, 0.1) is 5.92 Å². The summed E-state index contributed by atoms with van der Waals surface area (Å²) in [6.07, 6.45) is 12.7. The largest absolute Gasteiger partial charge is 0.314 e. The molecule has 3 aliphatic rings. The van der Waals surface area contributed by atoms with Crippen molar-refractivity contribution in [2.75, 3.05) is 26.7 Å². The van der Waals surface area contributed by atoms with Gasteiger partial charge in [0.1, 0.15) is 0 Å². The van der Waals surface area contributed by atoms with Crippen molar-refractivity contribution in [1.29, 1.82) is 0 Å². The van der Waals surface area contributed by atoms with Gasteiger partial charge in [0.25, 0.3) is 0 Å². The van der Waals surface area contributed by atoms with Crippen molar-refractivity contribution in [2.45, 2.75) is 75.9 Å². The van der Waals surface area contributed by atoms with Crippen molar-refractivity contribution in [1.82, 2.24) is 15.5 Å². The molecule has 2 saturated heterocycles. The Morgan fingerprint density at radius 2 is 1.85 bits per heavy atom. The lowest BCUT2D eigenvalue weighted by molar-refractivity contribution is 0.172. The molecule has 1 saturated carbocycles. The van der Waals surface area contributed by atoms with Gasteiger partial charge >= 0.3 is 0 Å². The van der Waals surface area contributed by atoms with Gasteiger partial charge in [-0.3, -0.25) is 0 Å². The summed E-state index contributed by atoms with van der Waals surface area (Å²) in [6.45, 7) is 3.76. The molecule has 0 aromatic carbocycles. The molecule has 0 radical (unpaired) electrons. The summed E-state index contributed by atoms with van der Waals surface area (Å²) in [4.78, 5) is 2.55. The highest BCUT2D eigenvalue weighted by atomic mass is 15.2. The molecule has 3 rings (SSSR count). The SMILES string of the molecule is CN1CCCC1CNC1CCCCC1C1CCCCN1. The van der Waals surface area contributed by atoms with Crippen LogP contribution < -0.4 is 10.6 Å². The standard InChI is InChI=1S/C17H33N3/c1-20-12-6-7-14(20)13-19-17-9-3-2-8-15(17)16-10-4-5-11-18-16/h14-19H,2-13H2,1H3. The molecule has 1 aliphatic carbocycles. The van der Waals surface area contributed by atoms with Gasteiger partial charge < -0.3 is 15.5 Å². The molecule has 116 valence electrons. The number of rotatable bonds is 4. The van der Waals surface area contributed by atoms with Crippen LogP contribution in [-0.4, -0.2) is 49.7 Å². The second-order valence-corrected chi connectivity index (χ2v) is 7.30. The third kappa shape index (κ3) is 3.55. The van der Waals surface area contributed by atoms with Crippen LogP contribution in [0.5, 0.6) is 0 Å². The average molecular weight is 279 g/mol. The first-order valence-electron chi connectivity index (χ1n) is 9.01. The summed E-state index contributed by atoms with van der Waals surface area (Å²) in [5.41, 5.74) is 0. The Labute approximate surface area is 124 Å². The molecule has 2 aliphatic heterocycles. The van der Waals surface area contributed by atoms with Gasteiger partial charge in [0.05, 0.1) is 0 Å². The molecule has 0 bridgehead atoms. The summed E-state index contributed by atoms with van der Waals surface area (Å²) in [5.74, 6) is 0.885. The average Bonchev–Trinajstić information content (AvgIpc) is 2.92. The monoisotopic (exact) mass is 279 g/mol. The zero-order chi connectivity index (χ0) is 13.8. The molecule has 0 aromatic heterocycles. The minimum absolute atomic E-state index is 0.772. The summed E-state index contributed by atoms with van der Waals surface area (Å²) in [5, 5.41) is 7.76. The lowest BCUT2D eigenvalue weighted by Gasteiger charge is -2.40.